The highest BCUT2D eigenvalue weighted by Gasteiger charge is 2.19. The molecule has 2 aromatic heterocycles. The first-order chi connectivity index (χ1) is 12.0. The molecule has 0 fully saturated rings. The lowest BCUT2D eigenvalue weighted by molar-refractivity contribution is 0.104. The number of benzene rings is 1. The fraction of sp³-hybridized carbons (Fsp3) is 0.200. The van der Waals surface area contributed by atoms with Crippen LogP contribution in [0, 0.1) is 0 Å². The van der Waals surface area contributed by atoms with Gasteiger partial charge >= 0.3 is 0 Å². The number of hydrogen-bond donors (Lipinski definition) is 1. The van der Waals surface area contributed by atoms with Gasteiger partial charge in [-0.15, -0.1) is 11.3 Å². The third kappa shape index (κ3) is 3.91. The molecule has 0 unspecified atom stereocenters. The first kappa shape index (κ1) is 17.6. The van der Waals surface area contributed by atoms with Gasteiger partial charge in [0.25, 0.3) is 0 Å². The number of aryl methyl sites for hydroxylation is 1. The van der Waals surface area contributed by atoms with E-state index in [1.165, 1.54) is 16.9 Å². The van der Waals surface area contributed by atoms with Gasteiger partial charge in [0.2, 0.25) is 5.78 Å². The number of anilines is 1. The molecule has 2 heterocycles. The molecule has 3 rings (SSSR count). The highest BCUT2D eigenvalue weighted by atomic mass is 35.5. The number of nitrogens with two attached hydrogens (primary N) is 1. The molecule has 0 radical (unpaired) electrons. The van der Waals surface area contributed by atoms with E-state index in [4.69, 9.17) is 17.3 Å². The second-order valence-electron chi connectivity index (χ2n) is 6.16. The first-order valence-corrected chi connectivity index (χ1v) is 9.26. The van der Waals surface area contributed by atoms with Crippen LogP contribution in [0.1, 0.15) is 41.2 Å². The van der Waals surface area contributed by atoms with Crippen molar-refractivity contribution in [1.82, 2.24) is 4.98 Å². The fourth-order valence-electron chi connectivity index (χ4n) is 2.58. The van der Waals surface area contributed by atoms with Crippen LogP contribution in [0.3, 0.4) is 0 Å². The summed E-state index contributed by atoms with van der Waals surface area (Å²) in [7, 11) is 0. The number of rotatable bonds is 5. The number of aromatic nitrogens is 1. The molecule has 0 aliphatic rings. The van der Waals surface area contributed by atoms with Crippen molar-refractivity contribution in [3.05, 3.63) is 69.2 Å². The van der Waals surface area contributed by atoms with Crippen molar-refractivity contribution in [2.24, 2.45) is 0 Å². The quantitative estimate of drug-likeness (QED) is 0.465. The molecule has 0 atom stereocenters. The Morgan fingerprint density at radius 1 is 1.20 bits per heavy atom. The van der Waals surface area contributed by atoms with E-state index < -0.39 is 0 Å². The Labute approximate surface area is 156 Å². The molecule has 5 heteroatoms. The number of carbonyl (C=O) groups excluding carboxylic acids is 1. The Morgan fingerprint density at radius 3 is 2.60 bits per heavy atom. The van der Waals surface area contributed by atoms with Crippen molar-refractivity contribution in [1.29, 1.82) is 0 Å². The van der Waals surface area contributed by atoms with Crippen LogP contribution in [0.5, 0.6) is 0 Å². The number of halogens is 1. The molecule has 3 nitrogen and oxygen atoms in total. The van der Waals surface area contributed by atoms with E-state index in [0.717, 1.165) is 28.8 Å². The summed E-state index contributed by atoms with van der Waals surface area (Å²) in [6.07, 6.45) is 4.03. The summed E-state index contributed by atoms with van der Waals surface area (Å²) in [5.41, 5.74) is 9.60. The maximum atomic E-state index is 12.7. The molecule has 2 N–H and O–H groups in total. The van der Waals surface area contributed by atoms with Crippen molar-refractivity contribution in [3.63, 3.8) is 0 Å². The van der Waals surface area contributed by atoms with Gasteiger partial charge in [0.05, 0.1) is 5.69 Å². The number of hydrogen-bond acceptors (Lipinski definition) is 4. The van der Waals surface area contributed by atoms with Gasteiger partial charge in [-0.2, -0.15) is 0 Å². The van der Waals surface area contributed by atoms with Gasteiger partial charge < -0.3 is 5.73 Å². The van der Waals surface area contributed by atoms with Crippen LogP contribution in [0.25, 0.3) is 10.2 Å². The fourth-order valence-corrected chi connectivity index (χ4v) is 3.79. The Kier molecular flexibility index (Phi) is 5.21. The number of nitrogens with zero attached hydrogens (tertiary/aromatic N) is 1. The van der Waals surface area contributed by atoms with Crippen LogP contribution in [0.2, 0.25) is 5.02 Å². The normalized spacial score (nSPS) is 10.8. The number of ketones is 1. The summed E-state index contributed by atoms with van der Waals surface area (Å²) < 4.78 is 0. The van der Waals surface area contributed by atoms with Crippen molar-refractivity contribution in [3.8, 4) is 0 Å². The largest absolute Gasteiger partial charge is 0.397 e. The van der Waals surface area contributed by atoms with Crippen LogP contribution >= 0.6 is 22.9 Å². The number of fused-ring (bicyclic) bond motifs is 1. The first-order valence-electron chi connectivity index (χ1n) is 8.07. The van der Waals surface area contributed by atoms with E-state index in [0.29, 0.717) is 21.2 Å². The van der Waals surface area contributed by atoms with Crippen molar-refractivity contribution >= 4 is 44.6 Å². The molecule has 0 aliphatic heterocycles. The third-order valence-corrected chi connectivity index (χ3v) is 5.28. The van der Waals surface area contributed by atoms with Gasteiger partial charge in [-0.3, -0.25) is 4.79 Å². The minimum atomic E-state index is -0.0942. The summed E-state index contributed by atoms with van der Waals surface area (Å²) in [4.78, 5) is 18.8. The van der Waals surface area contributed by atoms with Crippen LogP contribution in [0.4, 0.5) is 5.69 Å². The molecule has 1 aromatic carbocycles. The SMILES string of the molecule is CC(C)=CCCc1ccc2c(N)c(C(=O)c3ccc(Cl)cc3)sc2n1. The molecule has 128 valence electrons. The second-order valence-corrected chi connectivity index (χ2v) is 7.59. The molecule has 3 aromatic rings. The number of thiophene rings is 1. The van der Waals surface area contributed by atoms with E-state index in [-0.39, 0.29) is 5.78 Å². The number of pyridine rings is 1. The van der Waals surface area contributed by atoms with E-state index in [1.54, 1.807) is 24.3 Å². The van der Waals surface area contributed by atoms with Crippen molar-refractivity contribution in [2.45, 2.75) is 26.7 Å². The monoisotopic (exact) mass is 370 g/mol. The molecule has 0 bridgehead atoms. The lowest BCUT2D eigenvalue weighted by Gasteiger charge is -2.00. The highest BCUT2D eigenvalue weighted by Crippen LogP contribution is 2.34. The smallest absolute Gasteiger partial charge is 0.205 e. The number of nitrogen functional groups attached to an aromatic ring is 1. The lowest BCUT2D eigenvalue weighted by atomic mass is 10.1. The maximum Gasteiger partial charge on any atom is 0.205 e. The maximum absolute atomic E-state index is 12.7. The minimum absolute atomic E-state index is 0.0942. The molecule has 0 saturated heterocycles. The average Bonchev–Trinajstić information content (AvgIpc) is 2.91. The Balaban J connectivity index is 1.92. The molecular formula is C20H19ClN2OS. The average molecular weight is 371 g/mol. The van der Waals surface area contributed by atoms with Gasteiger partial charge in [0.1, 0.15) is 9.71 Å². The van der Waals surface area contributed by atoms with Crippen LogP contribution < -0.4 is 5.73 Å². The topological polar surface area (TPSA) is 56.0 Å². The second kappa shape index (κ2) is 7.38. The molecule has 0 amide bonds. The zero-order valence-electron chi connectivity index (χ0n) is 14.2. The predicted molar refractivity (Wildman–Crippen MR) is 107 cm³/mol. The molecule has 0 spiro atoms. The molecular weight excluding hydrogens is 352 g/mol. The highest BCUT2D eigenvalue weighted by molar-refractivity contribution is 7.21. The van der Waals surface area contributed by atoms with Gasteiger partial charge in [0, 0.05) is 21.7 Å². The van der Waals surface area contributed by atoms with E-state index in [9.17, 15) is 4.79 Å². The van der Waals surface area contributed by atoms with Gasteiger partial charge in [-0.1, -0.05) is 23.3 Å². The van der Waals surface area contributed by atoms with Crippen molar-refractivity contribution in [2.75, 3.05) is 5.73 Å². The Hall–Kier alpha value is -2.17. The molecule has 25 heavy (non-hydrogen) atoms. The molecule has 0 aliphatic carbocycles. The van der Waals surface area contributed by atoms with Gasteiger partial charge in [0.15, 0.2) is 0 Å². The summed E-state index contributed by atoms with van der Waals surface area (Å²) in [6, 6.07) is 10.8. The van der Waals surface area contributed by atoms with E-state index in [2.05, 4.69) is 24.9 Å². The Bertz CT molecular complexity index is 954. The number of carbonyl (C=O) groups is 1. The predicted octanol–water partition coefficient (Wildman–Crippen LogP) is 5.66. The zero-order valence-corrected chi connectivity index (χ0v) is 15.7. The van der Waals surface area contributed by atoms with E-state index in [1.807, 2.05) is 12.1 Å². The van der Waals surface area contributed by atoms with Gasteiger partial charge in [-0.25, -0.2) is 4.98 Å². The summed E-state index contributed by atoms with van der Waals surface area (Å²) >= 11 is 7.24. The summed E-state index contributed by atoms with van der Waals surface area (Å²) in [5.74, 6) is -0.0942. The summed E-state index contributed by atoms with van der Waals surface area (Å²) in [6.45, 7) is 4.18. The van der Waals surface area contributed by atoms with Crippen molar-refractivity contribution < 1.29 is 4.79 Å². The minimum Gasteiger partial charge on any atom is -0.397 e. The van der Waals surface area contributed by atoms with Gasteiger partial charge in [-0.05, 0) is 63.1 Å². The standard InChI is InChI=1S/C20H19ClN2OS/c1-12(2)4-3-5-15-10-11-16-17(22)19(25-20(16)23-15)18(24)13-6-8-14(21)9-7-13/h4,6-11H,3,5,22H2,1-2H3. The third-order valence-electron chi connectivity index (χ3n) is 3.92. The number of allylic oxidation sites excluding steroid dienone is 2. The zero-order chi connectivity index (χ0) is 18.0. The Morgan fingerprint density at radius 2 is 1.92 bits per heavy atom. The summed E-state index contributed by atoms with van der Waals surface area (Å²) in [5, 5.41) is 1.44. The van der Waals surface area contributed by atoms with Crippen LogP contribution in [-0.4, -0.2) is 10.8 Å². The van der Waals surface area contributed by atoms with Crippen LogP contribution in [-0.2, 0) is 6.42 Å². The molecule has 0 saturated carbocycles. The lowest BCUT2D eigenvalue weighted by Crippen LogP contribution is -2.01. The van der Waals surface area contributed by atoms with E-state index >= 15 is 0 Å². The van der Waals surface area contributed by atoms with Crippen LogP contribution in [0.15, 0.2) is 48.0 Å².